The van der Waals surface area contributed by atoms with Crippen molar-refractivity contribution in [2.45, 2.75) is 121 Å². The molecule has 3 atom stereocenters. The number of hydrogen-bond donors (Lipinski definition) is 0. The van der Waals surface area contributed by atoms with E-state index in [1.54, 1.807) is 5.57 Å². The van der Waals surface area contributed by atoms with Gasteiger partial charge in [0.2, 0.25) is 0 Å². The van der Waals surface area contributed by atoms with Gasteiger partial charge < -0.3 is 4.74 Å². The van der Waals surface area contributed by atoms with E-state index in [4.69, 9.17) is 14.8 Å². The molecule has 1 aliphatic carbocycles. The van der Waals surface area contributed by atoms with Crippen molar-refractivity contribution in [2.75, 3.05) is 0 Å². The first kappa shape index (κ1) is 38.6. The van der Waals surface area contributed by atoms with Crippen molar-refractivity contribution < 1.29 is 4.74 Å². The Balaban J connectivity index is 1.35. The summed E-state index contributed by atoms with van der Waals surface area (Å²) in [5.74, 6) is 3.88. The fourth-order valence-electron chi connectivity index (χ4n) is 9.14. The normalized spacial score (nSPS) is 18.3. The molecule has 6 aromatic rings. The Kier molecular flexibility index (Phi) is 9.93. The van der Waals surface area contributed by atoms with E-state index in [0.29, 0.717) is 17.8 Å². The Morgan fingerprint density at radius 2 is 1.51 bits per heavy atom. The van der Waals surface area contributed by atoms with Crippen molar-refractivity contribution in [1.82, 2.24) is 19.3 Å². The lowest BCUT2D eigenvalue weighted by Gasteiger charge is -2.46. The minimum absolute atomic E-state index is 0.0537. The number of pyridine rings is 1. The van der Waals surface area contributed by atoms with Crippen LogP contribution < -0.4 is 4.74 Å². The van der Waals surface area contributed by atoms with Gasteiger partial charge in [-0.15, -0.1) is 0 Å². The molecule has 7 rings (SSSR count). The van der Waals surface area contributed by atoms with Gasteiger partial charge >= 0.3 is 0 Å². The molecule has 0 radical (unpaired) electrons. The van der Waals surface area contributed by atoms with E-state index in [9.17, 15) is 0 Å². The second kappa shape index (κ2) is 14.1. The van der Waals surface area contributed by atoms with Crippen molar-refractivity contribution in [3.05, 3.63) is 119 Å². The predicted octanol–water partition coefficient (Wildman–Crippen LogP) is 13.8. The van der Waals surface area contributed by atoms with E-state index >= 15 is 0 Å². The molecule has 1 unspecified atom stereocenters. The summed E-state index contributed by atoms with van der Waals surface area (Å²) >= 11 is 0. The Hall–Kier alpha value is -4.64. The number of aryl methyl sites for hydroxylation is 2. The van der Waals surface area contributed by atoms with Gasteiger partial charge in [0.15, 0.2) is 0 Å². The van der Waals surface area contributed by atoms with Crippen LogP contribution in [0.1, 0.15) is 123 Å². The first-order valence-electron chi connectivity index (χ1n) is 20.5. The third kappa shape index (κ3) is 7.39. The van der Waals surface area contributed by atoms with E-state index < -0.39 is 0 Å². The zero-order chi connectivity index (χ0) is 39.6. The molecule has 0 spiro atoms. The van der Waals surface area contributed by atoms with Gasteiger partial charge in [0.1, 0.15) is 17.3 Å². The third-order valence-corrected chi connectivity index (χ3v) is 11.9. The highest BCUT2D eigenvalue weighted by Crippen LogP contribution is 2.54. The van der Waals surface area contributed by atoms with Crippen LogP contribution in [0.4, 0.5) is 0 Å². The average Bonchev–Trinajstić information content (AvgIpc) is 3.59. The van der Waals surface area contributed by atoms with Crippen molar-refractivity contribution >= 4 is 21.8 Å². The number of para-hydroxylation sites is 1. The van der Waals surface area contributed by atoms with Gasteiger partial charge in [0, 0.05) is 46.3 Å². The van der Waals surface area contributed by atoms with Gasteiger partial charge in [0.05, 0.1) is 22.4 Å². The Morgan fingerprint density at radius 1 is 0.782 bits per heavy atom. The highest BCUT2D eigenvalue weighted by Gasteiger charge is 2.44. The van der Waals surface area contributed by atoms with E-state index in [0.717, 1.165) is 52.6 Å². The average molecular weight is 735 g/mol. The topological polar surface area (TPSA) is 44.9 Å². The van der Waals surface area contributed by atoms with Crippen molar-refractivity contribution in [3.8, 4) is 23.0 Å². The van der Waals surface area contributed by atoms with Gasteiger partial charge in [-0.2, -0.15) is 5.10 Å². The minimum Gasteiger partial charge on any atom is -0.457 e. The predicted molar refractivity (Wildman–Crippen MR) is 231 cm³/mol. The van der Waals surface area contributed by atoms with Crippen molar-refractivity contribution in [3.63, 3.8) is 0 Å². The highest BCUT2D eigenvalue weighted by atomic mass is 16.5. The molecule has 5 nitrogen and oxygen atoms in total. The van der Waals surface area contributed by atoms with E-state index in [-0.39, 0.29) is 16.2 Å². The van der Waals surface area contributed by atoms with Crippen LogP contribution in [-0.4, -0.2) is 19.3 Å². The smallest absolute Gasteiger partial charge is 0.137 e. The molecule has 0 saturated heterocycles. The number of fused-ring (bicyclic) bond motifs is 3. The van der Waals surface area contributed by atoms with E-state index in [2.05, 4.69) is 178 Å². The number of ether oxygens (including phenoxy) is 1. The van der Waals surface area contributed by atoms with Crippen LogP contribution in [0.2, 0.25) is 0 Å². The van der Waals surface area contributed by atoms with Crippen LogP contribution in [0.5, 0.6) is 11.5 Å². The highest BCUT2D eigenvalue weighted by molar-refractivity contribution is 6.09. The summed E-state index contributed by atoms with van der Waals surface area (Å²) in [5, 5.41) is 7.72. The second-order valence-electron chi connectivity index (χ2n) is 19.4. The quantitative estimate of drug-likeness (QED) is 0.153. The lowest BCUT2D eigenvalue weighted by Crippen LogP contribution is -2.36. The molecule has 5 heteroatoms. The molecule has 3 aromatic carbocycles. The molecule has 3 aromatic heterocycles. The lowest BCUT2D eigenvalue weighted by molar-refractivity contribution is 0.162. The zero-order valence-corrected chi connectivity index (χ0v) is 35.6. The van der Waals surface area contributed by atoms with E-state index in [1.165, 1.54) is 39.6 Å². The molecule has 55 heavy (non-hydrogen) atoms. The fraction of sp³-hybridized carbons (Fsp3) is 0.440. The minimum atomic E-state index is -0.0996. The van der Waals surface area contributed by atoms with Gasteiger partial charge in [-0.1, -0.05) is 112 Å². The van der Waals surface area contributed by atoms with Crippen LogP contribution in [0.15, 0.2) is 90.6 Å². The Bertz CT molecular complexity index is 2400. The molecular weight excluding hydrogens is 673 g/mol. The number of aromatic nitrogens is 4. The van der Waals surface area contributed by atoms with Gasteiger partial charge in [-0.3, -0.25) is 4.57 Å². The molecule has 0 amide bonds. The molecule has 3 heterocycles. The standard InChI is InChI=1S/C50H62N4O/c1-14-17-34-22-23-51-45(26-34)53-43-19-16-15-18-39(43)40-21-20-37(30-44(40)53)55-38-28-35(48(5,6)7)27-36(29-38)54-33(4)46(32(3)52-54)47-41(49(8,9)10)24-31(2)25-42(47)50(11,12)13/h15-16,18-24,26-31,42,47H,14,17,25H2,1-13H3/t31-,42-,47?/m0/s1. The first-order chi connectivity index (χ1) is 25.8. The summed E-state index contributed by atoms with van der Waals surface area (Å²) in [5.41, 5.74) is 11.1. The molecule has 0 saturated carbocycles. The summed E-state index contributed by atoms with van der Waals surface area (Å²) in [7, 11) is 0. The monoisotopic (exact) mass is 734 g/mol. The molecule has 0 aliphatic heterocycles. The second-order valence-corrected chi connectivity index (χ2v) is 19.4. The summed E-state index contributed by atoms with van der Waals surface area (Å²) < 4.78 is 11.3. The van der Waals surface area contributed by atoms with Crippen molar-refractivity contribution in [1.29, 1.82) is 0 Å². The third-order valence-electron chi connectivity index (χ3n) is 11.9. The van der Waals surface area contributed by atoms with Crippen molar-refractivity contribution in [2.24, 2.45) is 22.7 Å². The fourth-order valence-corrected chi connectivity index (χ4v) is 9.14. The summed E-state index contributed by atoms with van der Waals surface area (Å²) in [6.45, 7) is 30.3. The number of benzene rings is 3. The summed E-state index contributed by atoms with van der Waals surface area (Å²) in [6, 6.07) is 26.1. The Morgan fingerprint density at radius 3 is 2.20 bits per heavy atom. The van der Waals surface area contributed by atoms with E-state index in [1.807, 2.05) is 6.20 Å². The van der Waals surface area contributed by atoms with Gasteiger partial charge in [-0.25, -0.2) is 9.67 Å². The number of nitrogens with zero attached hydrogens (tertiary/aromatic N) is 4. The molecule has 288 valence electrons. The SMILES string of the molecule is CCCc1ccnc(-n2c3ccccc3c3ccc(Oc4cc(-n5nc(C)c(C6C(C(C)(C)C)=C[C@H](C)C[C@@H]6C(C)(C)C)c5C)cc(C(C)(C)C)c4)cc32)c1. The van der Waals surface area contributed by atoms with Crippen LogP contribution in [0, 0.1) is 36.5 Å². The maximum absolute atomic E-state index is 6.88. The van der Waals surface area contributed by atoms with Gasteiger partial charge in [-0.05, 0) is 108 Å². The molecule has 0 N–H and O–H groups in total. The van der Waals surface area contributed by atoms with Crippen LogP contribution >= 0.6 is 0 Å². The molecule has 0 bridgehead atoms. The summed E-state index contributed by atoms with van der Waals surface area (Å²) in [4.78, 5) is 4.86. The number of allylic oxidation sites excluding steroid dienone is 2. The maximum atomic E-state index is 6.88. The molecular formula is C50H62N4O. The Labute approximate surface area is 329 Å². The number of rotatable bonds is 7. The van der Waals surface area contributed by atoms with Crippen LogP contribution in [-0.2, 0) is 11.8 Å². The summed E-state index contributed by atoms with van der Waals surface area (Å²) in [6.07, 6.45) is 7.80. The van der Waals surface area contributed by atoms with Crippen LogP contribution in [0.25, 0.3) is 33.3 Å². The van der Waals surface area contributed by atoms with Gasteiger partial charge in [0.25, 0.3) is 0 Å². The number of hydrogen-bond acceptors (Lipinski definition) is 3. The molecule has 1 aliphatic rings. The maximum Gasteiger partial charge on any atom is 0.137 e. The zero-order valence-electron chi connectivity index (χ0n) is 35.6. The largest absolute Gasteiger partial charge is 0.457 e. The van der Waals surface area contributed by atoms with Crippen LogP contribution in [0.3, 0.4) is 0 Å². The molecule has 0 fully saturated rings. The lowest BCUT2D eigenvalue weighted by atomic mass is 9.58. The first-order valence-corrected chi connectivity index (χ1v) is 20.5.